The van der Waals surface area contributed by atoms with Crippen LogP contribution >= 0.6 is 0 Å². The third kappa shape index (κ3) is 2.81. The van der Waals surface area contributed by atoms with Crippen LogP contribution in [0.1, 0.15) is 20.7 Å². The van der Waals surface area contributed by atoms with Crippen molar-refractivity contribution in [3.8, 4) is 0 Å². The predicted octanol–water partition coefficient (Wildman–Crippen LogP) is 0.138. The van der Waals surface area contributed by atoms with Gasteiger partial charge in [0.15, 0.2) is 0 Å². The van der Waals surface area contributed by atoms with E-state index in [4.69, 9.17) is 9.94 Å². The van der Waals surface area contributed by atoms with E-state index in [2.05, 4.69) is 0 Å². The zero-order valence-electron chi connectivity index (χ0n) is 10.7. The van der Waals surface area contributed by atoms with Crippen molar-refractivity contribution in [1.82, 2.24) is 9.96 Å². The minimum Gasteiger partial charge on any atom is -0.395 e. The number of rotatable bonds is 6. The lowest BCUT2D eigenvalue weighted by atomic mass is 10.1. The van der Waals surface area contributed by atoms with Crippen LogP contribution in [0, 0.1) is 0 Å². The van der Waals surface area contributed by atoms with Gasteiger partial charge in [-0.2, -0.15) is 0 Å². The van der Waals surface area contributed by atoms with E-state index in [9.17, 15) is 9.59 Å². The van der Waals surface area contributed by atoms with Gasteiger partial charge in [0.25, 0.3) is 11.8 Å². The topological polar surface area (TPSA) is 70.1 Å². The lowest BCUT2D eigenvalue weighted by molar-refractivity contribution is -0.0949. The number of fused-ring (bicyclic) bond motifs is 1. The number of imide groups is 1. The van der Waals surface area contributed by atoms with Gasteiger partial charge in [0.05, 0.1) is 24.3 Å². The Kier molecular flexibility index (Phi) is 4.26. The molecule has 0 aromatic heterocycles. The Morgan fingerprint density at radius 3 is 2.26 bits per heavy atom. The lowest BCUT2D eigenvalue weighted by Crippen LogP contribution is -2.34. The third-order valence-corrected chi connectivity index (χ3v) is 2.93. The van der Waals surface area contributed by atoms with Crippen molar-refractivity contribution in [2.45, 2.75) is 0 Å². The fourth-order valence-electron chi connectivity index (χ4n) is 1.85. The molecular formula is C13H16N2O4. The van der Waals surface area contributed by atoms with Gasteiger partial charge in [-0.1, -0.05) is 12.1 Å². The molecule has 6 heteroatoms. The van der Waals surface area contributed by atoms with Crippen LogP contribution in [0.4, 0.5) is 0 Å². The number of nitrogens with zero attached hydrogens (tertiary/aromatic N) is 2. The molecule has 2 amide bonds. The number of hydrogen-bond donors (Lipinski definition) is 1. The summed E-state index contributed by atoms with van der Waals surface area (Å²) in [6, 6.07) is 6.64. The first-order chi connectivity index (χ1) is 9.15. The normalized spacial score (nSPS) is 14.4. The average molecular weight is 264 g/mol. The monoisotopic (exact) mass is 264 g/mol. The van der Waals surface area contributed by atoms with E-state index in [1.165, 1.54) is 0 Å². The van der Waals surface area contributed by atoms with E-state index in [-0.39, 0.29) is 13.2 Å². The second-order valence-corrected chi connectivity index (χ2v) is 4.31. The molecular weight excluding hydrogens is 248 g/mol. The van der Waals surface area contributed by atoms with Gasteiger partial charge in [0, 0.05) is 13.1 Å². The predicted molar refractivity (Wildman–Crippen MR) is 67.5 cm³/mol. The minimum absolute atomic E-state index is 0.0590. The molecule has 1 aliphatic rings. The zero-order valence-corrected chi connectivity index (χ0v) is 10.7. The number of hydrogen-bond acceptors (Lipinski definition) is 5. The van der Waals surface area contributed by atoms with Crippen molar-refractivity contribution >= 4 is 11.8 Å². The Hall–Kier alpha value is -1.76. The summed E-state index contributed by atoms with van der Waals surface area (Å²) in [5.74, 6) is -0.851. The molecule has 6 nitrogen and oxygen atoms in total. The fourth-order valence-corrected chi connectivity index (χ4v) is 1.85. The average Bonchev–Trinajstić information content (AvgIpc) is 2.65. The van der Waals surface area contributed by atoms with E-state index in [1.54, 1.807) is 24.3 Å². The molecule has 1 aromatic rings. The molecule has 1 aliphatic heterocycles. The molecule has 0 saturated heterocycles. The van der Waals surface area contributed by atoms with Gasteiger partial charge in [-0.3, -0.25) is 14.4 Å². The van der Waals surface area contributed by atoms with Crippen molar-refractivity contribution < 1.29 is 19.5 Å². The molecule has 0 unspecified atom stereocenters. The smallest absolute Gasteiger partial charge is 0.285 e. The van der Waals surface area contributed by atoms with Gasteiger partial charge in [-0.05, 0) is 19.2 Å². The van der Waals surface area contributed by atoms with Gasteiger partial charge in [-0.15, -0.1) is 5.06 Å². The van der Waals surface area contributed by atoms with E-state index in [1.807, 2.05) is 11.9 Å². The summed E-state index contributed by atoms with van der Waals surface area (Å²) in [6.45, 7) is 1.31. The van der Waals surface area contributed by atoms with Gasteiger partial charge in [0.2, 0.25) is 0 Å². The maximum Gasteiger partial charge on any atom is 0.285 e. The number of aliphatic hydroxyl groups excluding tert-OH is 1. The maximum absolute atomic E-state index is 11.9. The van der Waals surface area contributed by atoms with Crippen molar-refractivity contribution in [1.29, 1.82) is 0 Å². The minimum atomic E-state index is -0.426. The lowest BCUT2D eigenvalue weighted by Gasteiger charge is -2.17. The molecule has 0 atom stereocenters. The molecule has 1 aromatic carbocycles. The van der Waals surface area contributed by atoms with Gasteiger partial charge >= 0.3 is 0 Å². The Labute approximate surface area is 111 Å². The number of likely N-dealkylation sites (N-methyl/N-ethyl adjacent to an activating group) is 1. The molecule has 0 spiro atoms. The van der Waals surface area contributed by atoms with Gasteiger partial charge in [0.1, 0.15) is 0 Å². The Morgan fingerprint density at radius 1 is 1.16 bits per heavy atom. The van der Waals surface area contributed by atoms with Crippen molar-refractivity contribution in [2.75, 3.05) is 33.4 Å². The maximum atomic E-state index is 11.9. The quantitative estimate of drug-likeness (QED) is 0.740. The molecule has 0 saturated carbocycles. The van der Waals surface area contributed by atoms with Crippen LogP contribution in [-0.2, 0) is 4.84 Å². The highest BCUT2D eigenvalue weighted by Gasteiger charge is 2.36. The molecule has 19 heavy (non-hydrogen) atoms. The summed E-state index contributed by atoms with van der Waals surface area (Å²) < 4.78 is 0. The highest BCUT2D eigenvalue weighted by Crippen LogP contribution is 2.22. The van der Waals surface area contributed by atoms with Crippen LogP contribution in [-0.4, -0.2) is 60.2 Å². The molecule has 0 aliphatic carbocycles. The van der Waals surface area contributed by atoms with Crippen molar-refractivity contribution in [3.63, 3.8) is 0 Å². The molecule has 2 rings (SSSR count). The van der Waals surface area contributed by atoms with Crippen LogP contribution in [0.3, 0.4) is 0 Å². The fraction of sp³-hybridized carbons (Fsp3) is 0.385. The number of hydroxylamine groups is 2. The Balaban J connectivity index is 1.93. The Morgan fingerprint density at radius 2 is 1.74 bits per heavy atom. The molecule has 0 bridgehead atoms. The van der Waals surface area contributed by atoms with Crippen LogP contribution in [0.5, 0.6) is 0 Å². The van der Waals surface area contributed by atoms with Crippen LogP contribution < -0.4 is 0 Å². The van der Waals surface area contributed by atoms with E-state index < -0.39 is 11.8 Å². The van der Waals surface area contributed by atoms with Crippen LogP contribution in [0.25, 0.3) is 0 Å². The third-order valence-electron chi connectivity index (χ3n) is 2.93. The van der Waals surface area contributed by atoms with Crippen molar-refractivity contribution in [2.24, 2.45) is 0 Å². The highest BCUT2D eigenvalue weighted by molar-refractivity contribution is 6.20. The second kappa shape index (κ2) is 5.92. The Bertz CT molecular complexity index is 454. The van der Waals surface area contributed by atoms with E-state index in [0.717, 1.165) is 5.06 Å². The first kappa shape index (κ1) is 13.7. The summed E-state index contributed by atoms with van der Waals surface area (Å²) in [5, 5.41) is 9.55. The molecule has 1 heterocycles. The summed E-state index contributed by atoms with van der Waals surface area (Å²) in [5.41, 5.74) is 0.743. The molecule has 0 fully saturated rings. The zero-order chi connectivity index (χ0) is 13.8. The summed E-state index contributed by atoms with van der Waals surface area (Å²) in [6.07, 6.45) is 0. The first-order valence-electron chi connectivity index (χ1n) is 6.05. The van der Waals surface area contributed by atoms with Crippen molar-refractivity contribution in [3.05, 3.63) is 35.4 Å². The molecule has 0 radical (unpaired) electrons. The number of carbonyl (C=O) groups excluding carboxylic acids is 2. The summed E-state index contributed by atoms with van der Waals surface area (Å²) in [4.78, 5) is 31.0. The van der Waals surface area contributed by atoms with E-state index in [0.29, 0.717) is 24.2 Å². The number of amides is 2. The van der Waals surface area contributed by atoms with E-state index >= 15 is 0 Å². The number of aliphatic hydroxyl groups is 1. The highest BCUT2D eigenvalue weighted by atomic mass is 16.7. The molecule has 102 valence electrons. The van der Waals surface area contributed by atoms with Gasteiger partial charge < -0.3 is 10.0 Å². The van der Waals surface area contributed by atoms with Gasteiger partial charge in [-0.25, -0.2) is 0 Å². The number of carbonyl (C=O) groups is 2. The first-order valence-corrected chi connectivity index (χ1v) is 6.05. The standard InChI is InChI=1S/C13H16N2O4/c1-14(6-8-16)7-9-19-15-12(17)10-4-2-3-5-11(10)13(15)18/h2-5,16H,6-9H2,1H3. The summed E-state index contributed by atoms with van der Waals surface area (Å²) in [7, 11) is 1.82. The number of benzene rings is 1. The SMILES string of the molecule is CN(CCO)CCON1C(=O)c2ccccc2C1=O. The second-order valence-electron chi connectivity index (χ2n) is 4.31. The van der Waals surface area contributed by atoms with Crippen LogP contribution in [0.15, 0.2) is 24.3 Å². The largest absolute Gasteiger partial charge is 0.395 e. The molecule has 1 N–H and O–H groups in total. The van der Waals surface area contributed by atoms with Crippen LogP contribution in [0.2, 0.25) is 0 Å². The summed E-state index contributed by atoms with van der Waals surface area (Å²) >= 11 is 0.